The van der Waals surface area contributed by atoms with Crippen LogP contribution in [0.4, 0.5) is 0 Å². The number of carbonyl (C=O) groups excluding carboxylic acids is 1. The average Bonchev–Trinajstić information content (AvgIpc) is 2.68. The molecule has 0 spiro atoms. The average molecular weight is 212 g/mol. The largest absolute Gasteiger partial charge is 0.341 e. The van der Waals surface area contributed by atoms with E-state index in [0.717, 1.165) is 38.8 Å². The summed E-state index contributed by atoms with van der Waals surface area (Å²) < 4.78 is 0. The van der Waals surface area contributed by atoms with Crippen molar-refractivity contribution in [2.45, 2.75) is 52.5 Å². The SMILES string of the molecule is CCC(CC)(CC)C(=O)N1CCC(N)C1. The molecule has 2 N–H and O–H groups in total. The third kappa shape index (κ3) is 2.33. The van der Waals surface area contributed by atoms with Gasteiger partial charge in [0.15, 0.2) is 0 Å². The summed E-state index contributed by atoms with van der Waals surface area (Å²) in [5.41, 5.74) is 5.70. The second-order valence-electron chi connectivity index (χ2n) is 4.64. The Morgan fingerprint density at radius 3 is 2.20 bits per heavy atom. The van der Waals surface area contributed by atoms with Crippen LogP contribution in [0.25, 0.3) is 0 Å². The Bertz CT molecular complexity index is 215. The van der Waals surface area contributed by atoms with E-state index in [0.29, 0.717) is 5.91 Å². The molecule has 3 heteroatoms. The summed E-state index contributed by atoms with van der Waals surface area (Å²) in [4.78, 5) is 14.3. The topological polar surface area (TPSA) is 46.3 Å². The number of rotatable bonds is 4. The number of hydrogen-bond donors (Lipinski definition) is 1. The van der Waals surface area contributed by atoms with E-state index in [1.54, 1.807) is 0 Å². The van der Waals surface area contributed by atoms with Gasteiger partial charge in [0.05, 0.1) is 0 Å². The molecule has 1 aliphatic heterocycles. The number of amides is 1. The normalized spacial score (nSPS) is 22.1. The van der Waals surface area contributed by atoms with Crippen molar-refractivity contribution in [1.29, 1.82) is 0 Å². The van der Waals surface area contributed by atoms with E-state index < -0.39 is 0 Å². The molecule has 0 radical (unpaired) electrons. The second kappa shape index (κ2) is 4.97. The van der Waals surface area contributed by atoms with Gasteiger partial charge in [-0.25, -0.2) is 0 Å². The van der Waals surface area contributed by atoms with Gasteiger partial charge in [0.1, 0.15) is 0 Å². The van der Waals surface area contributed by atoms with Crippen molar-refractivity contribution in [3.05, 3.63) is 0 Å². The van der Waals surface area contributed by atoms with E-state index in [1.165, 1.54) is 0 Å². The van der Waals surface area contributed by atoms with Gasteiger partial charge in [-0.2, -0.15) is 0 Å². The molecule has 0 saturated carbocycles. The number of nitrogens with two attached hydrogens (primary N) is 1. The Hall–Kier alpha value is -0.570. The molecule has 15 heavy (non-hydrogen) atoms. The molecule has 88 valence electrons. The van der Waals surface area contributed by atoms with E-state index in [1.807, 2.05) is 4.90 Å². The van der Waals surface area contributed by atoms with Gasteiger partial charge in [0, 0.05) is 24.5 Å². The predicted molar refractivity (Wildman–Crippen MR) is 62.5 cm³/mol. The lowest BCUT2D eigenvalue weighted by molar-refractivity contribution is -0.141. The first-order chi connectivity index (χ1) is 7.09. The van der Waals surface area contributed by atoms with Gasteiger partial charge >= 0.3 is 0 Å². The van der Waals surface area contributed by atoms with Gasteiger partial charge in [-0.1, -0.05) is 20.8 Å². The van der Waals surface area contributed by atoms with Crippen LogP contribution in [0.2, 0.25) is 0 Å². The monoisotopic (exact) mass is 212 g/mol. The summed E-state index contributed by atoms with van der Waals surface area (Å²) in [5, 5.41) is 0. The molecule has 1 unspecified atom stereocenters. The Morgan fingerprint density at radius 1 is 1.33 bits per heavy atom. The minimum atomic E-state index is -0.135. The third-order valence-electron chi connectivity index (χ3n) is 4.00. The highest BCUT2D eigenvalue weighted by Crippen LogP contribution is 2.33. The van der Waals surface area contributed by atoms with Gasteiger partial charge in [-0.15, -0.1) is 0 Å². The molecule has 0 bridgehead atoms. The highest BCUT2D eigenvalue weighted by atomic mass is 16.2. The molecular weight excluding hydrogens is 188 g/mol. The summed E-state index contributed by atoms with van der Waals surface area (Å²) in [7, 11) is 0. The Kier molecular flexibility index (Phi) is 4.14. The fraction of sp³-hybridized carbons (Fsp3) is 0.917. The van der Waals surface area contributed by atoms with Crippen LogP contribution in [0.15, 0.2) is 0 Å². The lowest BCUT2D eigenvalue weighted by Gasteiger charge is -2.33. The van der Waals surface area contributed by atoms with Crippen LogP contribution in [0, 0.1) is 5.41 Å². The standard InChI is InChI=1S/C12H24N2O/c1-4-12(5-2,6-3)11(15)14-8-7-10(13)9-14/h10H,4-9,13H2,1-3H3. The molecule has 0 aromatic carbocycles. The van der Waals surface area contributed by atoms with Crippen molar-refractivity contribution >= 4 is 5.91 Å². The first-order valence-corrected chi connectivity index (χ1v) is 6.14. The maximum absolute atomic E-state index is 12.4. The van der Waals surface area contributed by atoms with Crippen molar-refractivity contribution in [2.24, 2.45) is 11.1 Å². The first-order valence-electron chi connectivity index (χ1n) is 6.14. The predicted octanol–water partition coefficient (Wildman–Crippen LogP) is 1.76. The molecule has 1 heterocycles. The van der Waals surface area contributed by atoms with Gasteiger partial charge in [0.25, 0.3) is 0 Å². The molecule has 0 aromatic heterocycles. The Labute approximate surface area is 93.0 Å². The second-order valence-corrected chi connectivity index (χ2v) is 4.64. The molecule has 1 saturated heterocycles. The highest BCUT2D eigenvalue weighted by molar-refractivity contribution is 5.83. The fourth-order valence-electron chi connectivity index (χ4n) is 2.51. The Morgan fingerprint density at radius 2 is 1.87 bits per heavy atom. The van der Waals surface area contributed by atoms with Gasteiger partial charge < -0.3 is 10.6 Å². The van der Waals surface area contributed by atoms with Crippen LogP contribution in [0.3, 0.4) is 0 Å². The third-order valence-corrected chi connectivity index (χ3v) is 4.00. The number of hydrogen-bond acceptors (Lipinski definition) is 2. The van der Waals surface area contributed by atoms with Crippen LogP contribution in [-0.4, -0.2) is 29.9 Å². The maximum Gasteiger partial charge on any atom is 0.228 e. The summed E-state index contributed by atoms with van der Waals surface area (Å²) in [6.07, 6.45) is 3.76. The zero-order valence-electron chi connectivity index (χ0n) is 10.3. The van der Waals surface area contributed by atoms with E-state index in [9.17, 15) is 4.79 Å². The van der Waals surface area contributed by atoms with Crippen LogP contribution in [0.1, 0.15) is 46.5 Å². The van der Waals surface area contributed by atoms with Gasteiger partial charge in [0.2, 0.25) is 5.91 Å². The summed E-state index contributed by atoms with van der Waals surface area (Å²) in [6, 6.07) is 0.192. The van der Waals surface area contributed by atoms with E-state index in [2.05, 4.69) is 20.8 Å². The van der Waals surface area contributed by atoms with Crippen molar-refractivity contribution in [1.82, 2.24) is 4.90 Å². The van der Waals surface area contributed by atoms with E-state index in [-0.39, 0.29) is 11.5 Å². The fourth-order valence-corrected chi connectivity index (χ4v) is 2.51. The number of carbonyl (C=O) groups is 1. The molecule has 0 aromatic rings. The molecule has 1 atom stereocenters. The Balaban J connectivity index is 2.72. The lowest BCUT2D eigenvalue weighted by atomic mass is 9.78. The quantitative estimate of drug-likeness (QED) is 0.772. The van der Waals surface area contributed by atoms with Crippen LogP contribution in [0.5, 0.6) is 0 Å². The van der Waals surface area contributed by atoms with E-state index >= 15 is 0 Å². The summed E-state index contributed by atoms with van der Waals surface area (Å²) in [6.45, 7) is 7.94. The minimum absolute atomic E-state index is 0.135. The van der Waals surface area contributed by atoms with Gasteiger partial charge in [-0.05, 0) is 25.7 Å². The molecule has 1 fully saturated rings. The summed E-state index contributed by atoms with van der Waals surface area (Å²) >= 11 is 0. The smallest absolute Gasteiger partial charge is 0.228 e. The number of nitrogens with zero attached hydrogens (tertiary/aromatic N) is 1. The maximum atomic E-state index is 12.4. The van der Waals surface area contributed by atoms with Crippen molar-refractivity contribution in [3.63, 3.8) is 0 Å². The molecule has 1 aliphatic rings. The van der Waals surface area contributed by atoms with E-state index in [4.69, 9.17) is 5.73 Å². The van der Waals surface area contributed by atoms with Crippen LogP contribution >= 0.6 is 0 Å². The van der Waals surface area contributed by atoms with Crippen molar-refractivity contribution < 1.29 is 4.79 Å². The van der Waals surface area contributed by atoms with Crippen LogP contribution in [-0.2, 0) is 4.79 Å². The summed E-state index contributed by atoms with van der Waals surface area (Å²) in [5.74, 6) is 0.322. The van der Waals surface area contributed by atoms with Crippen LogP contribution < -0.4 is 5.73 Å². The highest BCUT2D eigenvalue weighted by Gasteiger charge is 2.38. The van der Waals surface area contributed by atoms with Crippen molar-refractivity contribution in [2.75, 3.05) is 13.1 Å². The minimum Gasteiger partial charge on any atom is -0.341 e. The number of likely N-dealkylation sites (tertiary alicyclic amines) is 1. The lowest BCUT2D eigenvalue weighted by Crippen LogP contribution is -2.43. The zero-order valence-corrected chi connectivity index (χ0v) is 10.3. The van der Waals surface area contributed by atoms with Crippen molar-refractivity contribution in [3.8, 4) is 0 Å². The first kappa shape index (κ1) is 12.5. The molecule has 1 rings (SSSR count). The molecule has 3 nitrogen and oxygen atoms in total. The molecular formula is C12H24N2O. The molecule has 1 amide bonds. The zero-order chi connectivity index (χ0) is 11.5. The molecule has 0 aliphatic carbocycles. The van der Waals surface area contributed by atoms with Gasteiger partial charge in [-0.3, -0.25) is 4.79 Å².